The molecule has 5 heteroatoms. The van der Waals surface area contributed by atoms with E-state index in [1.165, 1.54) is 141 Å². The molecule has 0 aliphatic rings. The van der Waals surface area contributed by atoms with E-state index in [0.717, 1.165) is 37.9 Å². The molecule has 0 fully saturated rings. The van der Waals surface area contributed by atoms with Crippen molar-refractivity contribution in [3.05, 3.63) is 36.5 Å². The van der Waals surface area contributed by atoms with Gasteiger partial charge in [0.2, 0.25) is 5.91 Å². The third-order valence-electron chi connectivity index (χ3n) is 8.92. The van der Waals surface area contributed by atoms with Crippen molar-refractivity contribution >= 4 is 17.5 Å². The number of nitrogens with zero attached hydrogens (tertiary/aromatic N) is 2. The van der Waals surface area contributed by atoms with E-state index in [9.17, 15) is 4.79 Å². The van der Waals surface area contributed by atoms with Crippen molar-refractivity contribution in [1.29, 1.82) is 0 Å². The third-order valence-corrected chi connectivity index (χ3v) is 8.92. The van der Waals surface area contributed by atoms with Crippen molar-refractivity contribution in [1.82, 2.24) is 5.32 Å². The summed E-state index contributed by atoms with van der Waals surface area (Å²) in [4.78, 5) is 22.2. The lowest BCUT2D eigenvalue weighted by molar-refractivity contribution is -0.122. The summed E-state index contributed by atoms with van der Waals surface area (Å²) in [6.07, 6.45) is 47.3. The standard InChI is InChI=1S/C43H80N4O/c1-5-7-9-11-13-15-17-19-21-23-25-27-29-31-33-35-38-46-43(48)42(37-39-45-41(4)44)47-40(3)36-34-32-30-28-26-24-22-20-18-16-14-12-10-8-6-2/h14,16,20-23,42H,5-13,15,17-19,24-39H2,1-4H3,(H2,44,45)(H,46,48). The molecule has 0 aromatic carbocycles. The summed E-state index contributed by atoms with van der Waals surface area (Å²) in [7, 11) is 0. The highest BCUT2D eigenvalue weighted by atomic mass is 16.2. The summed E-state index contributed by atoms with van der Waals surface area (Å²) in [5.74, 6) is 0.592. The summed E-state index contributed by atoms with van der Waals surface area (Å²) < 4.78 is 0. The minimum Gasteiger partial charge on any atom is -0.388 e. The Labute approximate surface area is 299 Å². The van der Waals surface area contributed by atoms with E-state index < -0.39 is 0 Å². The fraction of sp³-hybridized carbons (Fsp3) is 0.791. The van der Waals surface area contributed by atoms with E-state index in [0.29, 0.717) is 18.8 Å². The average Bonchev–Trinajstić information content (AvgIpc) is 3.07. The maximum Gasteiger partial charge on any atom is 0.244 e. The first-order valence-corrected chi connectivity index (χ1v) is 20.5. The van der Waals surface area contributed by atoms with Gasteiger partial charge in [-0.25, -0.2) is 0 Å². The highest BCUT2D eigenvalue weighted by Crippen LogP contribution is 2.12. The second-order valence-electron chi connectivity index (χ2n) is 13.9. The van der Waals surface area contributed by atoms with E-state index in [1.807, 2.05) is 0 Å². The van der Waals surface area contributed by atoms with Crippen LogP contribution in [-0.2, 0) is 4.79 Å². The Morgan fingerprint density at radius 2 is 1.04 bits per heavy atom. The number of nitrogens with two attached hydrogens (primary N) is 1. The summed E-state index contributed by atoms with van der Waals surface area (Å²) >= 11 is 0. The Bertz CT molecular complexity index is 853. The number of rotatable bonds is 35. The molecule has 1 atom stereocenters. The summed E-state index contributed by atoms with van der Waals surface area (Å²) in [6.45, 7) is 9.67. The van der Waals surface area contributed by atoms with Crippen LogP contribution in [-0.4, -0.2) is 36.6 Å². The first-order valence-electron chi connectivity index (χ1n) is 20.5. The highest BCUT2D eigenvalue weighted by molar-refractivity contribution is 5.88. The molecule has 0 aromatic rings. The van der Waals surface area contributed by atoms with Gasteiger partial charge in [-0.1, -0.05) is 140 Å². The molecule has 0 spiro atoms. The molecule has 0 radical (unpaired) electrons. The summed E-state index contributed by atoms with van der Waals surface area (Å²) in [5.41, 5.74) is 6.81. The van der Waals surface area contributed by atoms with Gasteiger partial charge in [-0.15, -0.1) is 0 Å². The molecule has 0 heterocycles. The van der Waals surface area contributed by atoms with Gasteiger partial charge in [0.05, 0.1) is 5.84 Å². The number of amides is 1. The van der Waals surface area contributed by atoms with Crippen LogP contribution >= 0.6 is 0 Å². The molecular formula is C43H80N4O. The number of amidine groups is 1. The van der Waals surface area contributed by atoms with Gasteiger partial charge in [0, 0.05) is 18.8 Å². The lowest BCUT2D eigenvalue weighted by atomic mass is 10.1. The average molecular weight is 669 g/mol. The Hall–Kier alpha value is -2.17. The van der Waals surface area contributed by atoms with Gasteiger partial charge in [-0.2, -0.15) is 0 Å². The molecule has 1 amide bonds. The zero-order valence-corrected chi connectivity index (χ0v) is 32.4. The first kappa shape index (κ1) is 45.8. The minimum absolute atomic E-state index is 0.0327. The minimum atomic E-state index is -0.376. The van der Waals surface area contributed by atoms with Gasteiger partial charge in [0.1, 0.15) is 6.04 Å². The molecule has 0 bridgehead atoms. The number of carbonyl (C=O) groups excluding carboxylic acids is 1. The maximum atomic E-state index is 13.0. The van der Waals surface area contributed by atoms with Crippen molar-refractivity contribution in [2.75, 3.05) is 13.1 Å². The first-order chi connectivity index (χ1) is 23.5. The van der Waals surface area contributed by atoms with Crippen LogP contribution in [0.5, 0.6) is 0 Å². The molecular weight excluding hydrogens is 589 g/mol. The zero-order chi connectivity index (χ0) is 35.2. The molecule has 0 aromatic heterocycles. The van der Waals surface area contributed by atoms with Crippen molar-refractivity contribution < 1.29 is 4.79 Å². The molecule has 0 rings (SSSR count). The zero-order valence-electron chi connectivity index (χ0n) is 32.4. The Morgan fingerprint density at radius 1 is 0.604 bits per heavy atom. The molecule has 1 unspecified atom stereocenters. The fourth-order valence-corrected chi connectivity index (χ4v) is 5.84. The van der Waals surface area contributed by atoms with Crippen LogP contribution in [0.15, 0.2) is 46.4 Å². The van der Waals surface area contributed by atoms with Crippen molar-refractivity contribution in [2.24, 2.45) is 15.7 Å². The van der Waals surface area contributed by atoms with E-state index in [1.54, 1.807) is 6.92 Å². The Morgan fingerprint density at radius 3 is 1.58 bits per heavy atom. The third kappa shape index (κ3) is 35.1. The van der Waals surface area contributed by atoms with Gasteiger partial charge in [-0.3, -0.25) is 14.8 Å². The van der Waals surface area contributed by atoms with Crippen LogP contribution in [0.1, 0.15) is 201 Å². The van der Waals surface area contributed by atoms with E-state index in [4.69, 9.17) is 10.7 Å². The van der Waals surface area contributed by atoms with E-state index in [2.05, 4.69) is 67.5 Å². The van der Waals surface area contributed by atoms with Gasteiger partial charge in [-0.05, 0) is 97.3 Å². The van der Waals surface area contributed by atoms with Crippen LogP contribution in [0.25, 0.3) is 0 Å². The normalized spacial score (nSPS) is 13.4. The molecule has 0 saturated carbocycles. The molecule has 0 saturated heterocycles. The van der Waals surface area contributed by atoms with Gasteiger partial charge >= 0.3 is 0 Å². The predicted molar refractivity (Wildman–Crippen MR) is 215 cm³/mol. The number of hydrogen-bond donors (Lipinski definition) is 2. The largest absolute Gasteiger partial charge is 0.388 e. The molecule has 278 valence electrons. The van der Waals surface area contributed by atoms with E-state index in [-0.39, 0.29) is 11.9 Å². The van der Waals surface area contributed by atoms with Crippen LogP contribution < -0.4 is 11.1 Å². The second-order valence-corrected chi connectivity index (χ2v) is 13.9. The van der Waals surface area contributed by atoms with Crippen LogP contribution in [0.4, 0.5) is 0 Å². The van der Waals surface area contributed by atoms with Gasteiger partial charge < -0.3 is 11.1 Å². The number of aliphatic imine (C=N–C) groups is 2. The summed E-state index contributed by atoms with van der Waals surface area (Å²) in [6, 6.07) is -0.376. The van der Waals surface area contributed by atoms with Gasteiger partial charge in [0.25, 0.3) is 0 Å². The number of unbranched alkanes of at least 4 members (excludes halogenated alkanes) is 20. The lowest BCUT2D eigenvalue weighted by Gasteiger charge is -2.14. The van der Waals surface area contributed by atoms with E-state index >= 15 is 0 Å². The Balaban J connectivity index is 4.08. The molecule has 3 N–H and O–H groups in total. The second kappa shape index (κ2) is 37.6. The molecule has 48 heavy (non-hydrogen) atoms. The number of hydrogen-bond acceptors (Lipinski definition) is 3. The monoisotopic (exact) mass is 669 g/mol. The van der Waals surface area contributed by atoms with Crippen LogP contribution in [0.3, 0.4) is 0 Å². The maximum absolute atomic E-state index is 13.0. The van der Waals surface area contributed by atoms with Crippen molar-refractivity contribution in [2.45, 2.75) is 207 Å². The number of allylic oxidation sites excluding steroid dienone is 6. The summed E-state index contributed by atoms with van der Waals surface area (Å²) in [5, 5.41) is 3.15. The van der Waals surface area contributed by atoms with Crippen molar-refractivity contribution in [3.8, 4) is 0 Å². The molecule has 5 nitrogen and oxygen atoms in total. The fourth-order valence-electron chi connectivity index (χ4n) is 5.84. The lowest BCUT2D eigenvalue weighted by Crippen LogP contribution is -2.35. The van der Waals surface area contributed by atoms with Crippen LogP contribution in [0, 0.1) is 0 Å². The Kier molecular flexibility index (Phi) is 35.9. The highest BCUT2D eigenvalue weighted by Gasteiger charge is 2.17. The molecule has 0 aliphatic carbocycles. The quantitative estimate of drug-likeness (QED) is 0.0305. The van der Waals surface area contributed by atoms with Gasteiger partial charge in [0.15, 0.2) is 0 Å². The van der Waals surface area contributed by atoms with Crippen molar-refractivity contribution in [3.63, 3.8) is 0 Å². The molecule has 0 aliphatic heterocycles. The topological polar surface area (TPSA) is 79.8 Å². The van der Waals surface area contributed by atoms with Crippen LogP contribution in [0.2, 0.25) is 0 Å². The SMILES string of the molecule is CCCCCC=CCC=CCCCCCCCC(C)=NC(CCN=C(C)N)C(=O)NCCCCCCCC=CCCCCCCCCC. The predicted octanol–water partition coefficient (Wildman–Crippen LogP) is 12.6. The number of carbonyl (C=O) groups is 1. The smallest absolute Gasteiger partial charge is 0.244 e. The number of nitrogens with one attached hydrogen (secondary N) is 1.